The number of benzene rings is 1. The van der Waals surface area contributed by atoms with Crippen molar-refractivity contribution in [1.82, 2.24) is 5.32 Å². The van der Waals surface area contributed by atoms with Gasteiger partial charge in [-0.15, -0.1) is 0 Å². The molecule has 4 nitrogen and oxygen atoms in total. The van der Waals surface area contributed by atoms with E-state index in [1.54, 1.807) is 0 Å². The zero-order valence-electron chi connectivity index (χ0n) is 12.5. The molecular weight excluding hydrogens is 252 g/mol. The van der Waals surface area contributed by atoms with Gasteiger partial charge in [-0.05, 0) is 57.4 Å². The number of nitrogens with one attached hydrogen (secondary N) is 2. The van der Waals surface area contributed by atoms with Crippen molar-refractivity contribution >= 4 is 11.6 Å². The molecule has 1 heterocycles. The first-order chi connectivity index (χ1) is 9.60. The molecule has 1 amide bonds. The highest BCUT2D eigenvalue weighted by Gasteiger charge is 2.21. The maximum atomic E-state index is 12.3. The summed E-state index contributed by atoms with van der Waals surface area (Å²) in [5, 5.41) is 6.39. The van der Waals surface area contributed by atoms with E-state index in [1.165, 1.54) is 0 Å². The average molecular weight is 276 g/mol. The van der Waals surface area contributed by atoms with Crippen LogP contribution in [0.15, 0.2) is 18.2 Å². The van der Waals surface area contributed by atoms with E-state index in [9.17, 15) is 4.79 Å². The Labute approximate surface area is 120 Å². The Morgan fingerprint density at radius 3 is 2.90 bits per heavy atom. The third kappa shape index (κ3) is 3.73. The van der Waals surface area contributed by atoms with Crippen molar-refractivity contribution < 1.29 is 9.53 Å². The molecule has 0 aliphatic carbocycles. The largest absolute Gasteiger partial charge is 0.385 e. The molecular formula is C16H24N2O2. The molecule has 2 atom stereocenters. The summed E-state index contributed by atoms with van der Waals surface area (Å²) in [5.74, 6) is 0.00949. The van der Waals surface area contributed by atoms with Gasteiger partial charge >= 0.3 is 0 Å². The van der Waals surface area contributed by atoms with E-state index in [4.69, 9.17) is 4.74 Å². The standard InChI is InChI=1S/C16H24N2O2/c1-4-17-15-6-5-13(9-11(15)2)16(19)18-14-7-8-20-12(3)10-14/h5-6,9,12,14,17H,4,7-8,10H2,1-3H3,(H,18,19). The van der Waals surface area contributed by atoms with Crippen LogP contribution in [-0.2, 0) is 4.74 Å². The molecule has 2 N–H and O–H groups in total. The van der Waals surface area contributed by atoms with Crippen LogP contribution >= 0.6 is 0 Å². The maximum absolute atomic E-state index is 12.3. The Balaban J connectivity index is 2.00. The lowest BCUT2D eigenvalue weighted by Gasteiger charge is -2.28. The number of anilines is 1. The van der Waals surface area contributed by atoms with Crippen molar-refractivity contribution in [2.45, 2.75) is 45.8 Å². The molecule has 1 fully saturated rings. The number of hydrogen-bond acceptors (Lipinski definition) is 3. The van der Waals surface area contributed by atoms with Gasteiger partial charge in [0.2, 0.25) is 0 Å². The minimum atomic E-state index is 0.00949. The Morgan fingerprint density at radius 2 is 2.25 bits per heavy atom. The Morgan fingerprint density at radius 1 is 1.45 bits per heavy atom. The van der Waals surface area contributed by atoms with Gasteiger partial charge in [0.1, 0.15) is 0 Å². The zero-order chi connectivity index (χ0) is 14.5. The van der Waals surface area contributed by atoms with E-state index in [2.05, 4.69) is 17.6 Å². The predicted molar refractivity (Wildman–Crippen MR) is 81.2 cm³/mol. The summed E-state index contributed by atoms with van der Waals surface area (Å²) in [7, 11) is 0. The predicted octanol–water partition coefficient (Wildman–Crippen LogP) is 2.72. The van der Waals surface area contributed by atoms with Gasteiger partial charge < -0.3 is 15.4 Å². The second kappa shape index (κ2) is 6.75. The highest BCUT2D eigenvalue weighted by molar-refractivity contribution is 5.95. The van der Waals surface area contributed by atoms with Gasteiger partial charge in [-0.3, -0.25) is 4.79 Å². The number of carbonyl (C=O) groups excluding carboxylic acids is 1. The lowest BCUT2D eigenvalue weighted by molar-refractivity contribution is 0.0136. The van der Waals surface area contributed by atoms with Crippen molar-refractivity contribution in [3.63, 3.8) is 0 Å². The molecule has 1 saturated heterocycles. The first kappa shape index (κ1) is 14.9. The lowest BCUT2D eigenvalue weighted by Crippen LogP contribution is -2.41. The van der Waals surface area contributed by atoms with Crippen LogP contribution in [0, 0.1) is 6.92 Å². The number of ether oxygens (including phenoxy) is 1. The summed E-state index contributed by atoms with van der Waals surface area (Å²) in [6, 6.07) is 6.01. The number of amides is 1. The monoisotopic (exact) mass is 276 g/mol. The quantitative estimate of drug-likeness (QED) is 0.889. The van der Waals surface area contributed by atoms with Crippen molar-refractivity contribution in [1.29, 1.82) is 0 Å². The minimum Gasteiger partial charge on any atom is -0.385 e. The third-order valence-corrected chi connectivity index (χ3v) is 3.68. The van der Waals surface area contributed by atoms with Crippen LogP contribution in [0.2, 0.25) is 0 Å². The average Bonchev–Trinajstić information content (AvgIpc) is 2.41. The van der Waals surface area contributed by atoms with Crippen LogP contribution < -0.4 is 10.6 Å². The third-order valence-electron chi connectivity index (χ3n) is 3.68. The van der Waals surface area contributed by atoms with Gasteiger partial charge in [0.25, 0.3) is 5.91 Å². The van der Waals surface area contributed by atoms with Gasteiger partial charge in [-0.1, -0.05) is 0 Å². The number of carbonyl (C=O) groups is 1. The van der Waals surface area contributed by atoms with Gasteiger partial charge in [0.05, 0.1) is 6.10 Å². The summed E-state index contributed by atoms with van der Waals surface area (Å²) in [4.78, 5) is 12.3. The normalized spacial score (nSPS) is 22.4. The fourth-order valence-electron chi connectivity index (χ4n) is 2.59. The highest BCUT2D eigenvalue weighted by atomic mass is 16.5. The molecule has 20 heavy (non-hydrogen) atoms. The molecule has 1 aromatic carbocycles. The topological polar surface area (TPSA) is 50.4 Å². The first-order valence-electron chi connectivity index (χ1n) is 7.37. The van der Waals surface area contributed by atoms with Crippen LogP contribution in [0.5, 0.6) is 0 Å². The maximum Gasteiger partial charge on any atom is 0.251 e. The molecule has 1 aromatic rings. The van der Waals surface area contributed by atoms with Gasteiger partial charge in [-0.2, -0.15) is 0 Å². The fourth-order valence-corrected chi connectivity index (χ4v) is 2.59. The molecule has 4 heteroatoms. The summed E-state index contributed by atoms with van der Waals surface area (Å²) < 4.78 is 5.50. The van der Waals surface area contributed by atoms with Crippen molar-refractivity contribution in [2.75, 3.05) is 18.5 Å². The van der Waals surface area contributed by atoms with E-state index in [-0.39, 0.29) is 18.1 Å². The highest BCUT2D eigenvalue weighted by Crippen LogP contribution is 2.18. The van der Waals surface area contributed by atoms with Crippen LogP contribution in [0.4, 0.5) is 5.69 Å². The molecule has 0 saturated carbocycles. The Hall–Kier alpha value is -1.55. The summed E-state index contributed by atoms with van der Waals surface area (Å²) in [5.41, 5.74) is 2.91. The van der Waals surface area contributed by atoms with Crippen LogP contribution in [0.3, 0.4) is 0 Å². The number of rotatable bonds is 4. The molecule has 0 aromatic heterocycles. The summed E-state index contributed by atoms with van der Waals surface area (Å²) in [6.07, 6.45) is 2.01. The van der Waals surface area contributed by atoms with Gasteiger partial charge in [0.15, 0.2) is 0 Å². The van der Waals surface area contributed by atoms with E-state index in [1.807, 2.05) is 32.0 Å². The van der Waals surface area contributed by atoms with Crippen molar-refractivity contribution in [2.24, 2.45) is 0 Å². The van der Waals surface area contributed by atoms with Crippen LogP contribution in [-0.4, -0.2) is 31.2 Å². The number of hydrogen-bond donors (Lipinski definition) is 2. The number of aryl methyl sites for hydroxylation is 1. The van der Waals surface area contributed by atoms with E-state index in [0.29, 0.717) is 0 Å². The second-order valence-corrected chi connectivity index (χ2v) is 5.44. The molecule has 0 spiro atoms. The molecule has 110 valence electrons. The van der Waals surface area contributed by atoms with Gasteiger partial charge in [0, 0.05) is 30.4 Å². The smallest absolute Gasteiger partial charge is 0.251 e. The van der Waals surface area contributed by atoms with Gasteiger partial charge in [-0.25, -0.2) is 0 Å². The lowest BCUT2D eigenvalue weighted by atomic mass is 10.0. The summed E-state index contributed by atoms with van der Waals surface area (Å²) >= 11 is 0. The summed E-state index contributed by atoms with van der Waals surface area (Å²) in [6.45, 7) is 7.74. The van der Waals surface area contributed by atoms with E-state index in [0.717, 1.165) is 42.8 Å². The molecule has 0 radical (unpaired) electrons. The van der Waals surface area contributed by atoms with Crippen molar-refractivity contribution in [3.8, 4) is 0 Å². The van der Waals surface area contributed by atoms with Crippen LogP contribution in [0.25, 0.3) is 0 Å². The van der Waals surface area contributed by atoms with Crippen LogP contribution in [0.1, 0.15) is 42.6 Å². The molecule has 2 rings (SSSR count). The zero-order valence-corrected chi connectivity index (χ0v) is 12.5. The fraction of sp³-hybridized carbons (Fsp3) is 0.562. The Bertz CT molecular complexity index is 474. The molecule has 1 aliphatic heterocycles. The molecule has 2 unspecified atom stereocenters. The first-order valence-corrected chi connectivity index (χ1v) is 7.37. The second-order valence-electron chi connectivity index (χ2n) is 5.44. The Kier molecular flexibility index (Phi) is 5.01. The minimum absolute atomic E-state index is 0.00949. The molecule has 1 aliphatic rings. The molecule has 0 bridgehead atoms. The SMILES string of the molecule is CCNc1ccc(C(=O)NC2CCOC(C)C2)cc1C. The van der Waals surface area contributed by atoms with Crippen molar-refractivity contribution in [3.05, 3.63) is 29.3 Å². The van der Waals surface area contributed by atoms with E-state index < -0.39 is 0 Å². The van der Waals surface area contributed by atoms with E-state index >= 15 is 0 Å².